The molecule has 4 nitrogen and oxygen atoms in total. The van der Waals surface area contributed by atoms with Crippen LogP contribution >= 0.6 is 0 Å². The molecule has 0 N–H and O–H groups in total. The summed E-state index contributed by atoms with van der Waals surface area (Å²) in [5.74, 6) is 7.96. The Kier molecular flexibility index (Phi) is 6.29. The maximum absolute atomic E-state index is 10.9. The lowest BCUT2D eigenvalue weighted by atomic mass is 9.87. The minimum atomic E-state index is -0.414. The van der Waals surface area contributed by atoms with Crippen LogP contribution in [0.5, 0.6) is 0 Å². The number of allylic oxidation sites excluding steroid dienone is 1. The number of nitrogens with zero attached hydrogens (tertiary/aromatic N) is 1. The summed E-state index contributed by atoms with van der Waals surface area (Å²) in [4.78, 5) is 10.5. The van der Waals surface area contributed by atoms with Gasteiger partial charge in [0.2, 0.25) is 0 Å². The largest absolute Gasteiger partial charge is 0.465 e. The summed E-state index contributed by atoms with van der Waals surface area (Å²) >= 11 is 0. The first-order valence-corrected chi connectivity index (χ1v) is 10.2. The lowest BCUT2D eigenvalue weighted by Crippen LogP contribution is -2.03. The Bertz CT molecular complexity index is 1290. The zero-order chi connectivity index (χ0) is 22.3. The van der Waals surface area contributed by atoms with Gasteiger partial charge in [-0.2, -0.15) is 0 Å². The smallest absolute Gasteiger partial charge is 0.269 e. The van der Waals surface area contributed by atoms with Crippen molar-refractivity contribution in [3.05, 3.63) is 141 Å². The molecule has 0 saturated heterocycles. The van der Waals surface area contributed by atoms with E-state index in [4.69, 9.17) is 4.42 Å². The van der Waals surface area contributed by atoms with Gasteiger partial charge < -0.3 is 4.42 Å². The van der Waals surface area contributed by atoms with Crippen LogP contribution < -0.4 is 0 Å². The first-order chi connectivity index (χ1) is 15.6. The first-order valence-electron chi connectivity index (χ1n) is 10.2. The van der Waals surface area contributed by atoms with Gasteiger partial charge in [0.15, 0.2) is 0 Å². The zero-order valence-electron chi connectivity index (χ0n) is 17.6. The quantitative estimate of drug-likeness (QED) is 0.204. The fourth-order valence-corrected chi connectivity index (χ4v) is 3.48. The highest BCUT2D eigenvalue weighted by Crippen LogP contribution is 2.34. The molecule has 4 heteroatoms. The van der Waals surface area contributed by atoms with E-state index in [-0.39, 0.29) is 11.6 Å². The second-order valence-corrected chi connectivity index (χ2v) is 7.36. The van der Waals surface area contributed by atoms with Gasteiger partial charge in [-0.1, -0.05) is 72.5 Å². The molecule has 1 unspecified atom stereocenters. The van der Waals surface area contributed by atoms with Crippen molar-refractivity contribution in [3.63, 3.8) is 0 Å². The summed E-state index contributed by atoms with van der Waals surface area (Å²) in [5, 5.41) is 10.9. The molecule has 4 rings (SSSR count). The molecule has 3 aromatic carbocycles. The highest BCUT2D eigenvalue weighted by molar-refractivity contribution is 5.64. The van der Waals surface area contributed by atoms with Gasteiger partial charge in [-0.25, -0.2) is 0 Å². The summed E-state index contributed by atoms with van der Waals surface area (Å²) < 4.78 is 6.03. The fraction of sp³-hybridized carbons (Fsp3) is 0.0714. The Hall–Kier alpha value is -4.36. The first kappa shape index (κ1) is 20.9. The Balaban J connectivity index is 1.83. The van der Waals surface area contributed by atoms with E-state index in [9.17, 15) is 10.1 Å². The number of hydrogen-bond acceptors (Lipinski definition) is 3. The van der Waals surface area contributed by atoms with Crippen molar-refractivity contribution in [3.8, 4) is 11.8 Å². The second-order valence-electron chi connectivity index (χ2n) is 7.36. The number of non-ortho nitro benzene ring substituents is 1. The molecule has 156 valence electrons. The number of benzene rings is 3. The molecule has 1 atom stereocenters. The monoisotopic (exact) mass is 419 g/mol. The predicted octanol–water partition coefficient (Wildman–Crippen LogP) is 6.76. The van der Waals surface area contributed by atoms with E-state index in [0.29, 0.717) is 5.56 Å². The van der Waals surface area contributed by atoms with Crippen molar-refractivity contribution in [2.75, 3.05) is 0 Å². The molecule has 0 aliphatic rings. The average molecular weight is 419 g/mol. The molecule has 1 aromatic heterocycles. The summed E-state index contributed by atoms with van der Waals surface area (Å²) in [7, 11) is 0. The minimum absolute atomic E-state index is 0.0452. The Morgan fingerprint density at radius 1 is 0.906 bits per heavy atom. The summed E-state index contributed by atoms with van der Waals surface area (Å²) in [6.07, 6.45) is 2.06. The van der Waals surface area contributed by atoms with E-state index in [1.165, 1.54) is 12.1 Å². The molecular weight excluding hydrogens is 398 g/mol. The number of hydrogen-bond donors (Lipinski definition) is 0. The van der Waals surface area contributed by atoms with Gasteiger partial charge in [0.25, 0.3) is 5.69 Å². The van der Waals surface area contributed by atoms with E-state index in [2.05, 4.69) is 30.0 Å². The molecule has 0 radical (unpaired) electrons. The van der Waals surface area contributed by atoms with Gasteiger partial charge >= 0.3 is 0 Å². The van der Waals surface area contributed by atoms with Crippen molar-refractivity contribution in [2.24, 2.45) is 0 Å². The SMILES string of the molecule is Cc1ccc(C(/C(C#Cc2ccc([N+](=O)[O-])cc2)=C/c2ccccc2)c2ccccc2)o1. The van der Waals surface area contributed by atoms with Crippen LogP contribution in [0.3, 0.4) is 0 Å². The molecule has 0 saturated carbocycles. The number of rotatable bonds is 5. The second kappa shape index (κ2) is 9.63. The van der Waals surface area contributed by atoms with Gasteiger partial charge in [-0.15, -0.1) is 0 Å². The molecule has 0 aliphatic carbocycles. The van der Waals surface area contributed by atoms with Crippen LogP contribution in [0.4, 0.5) is 5.69 Å². The Morgan fingerprint density at radius 3 is 2.16 bits per heavy atom. The lowest BCUT2D eigenvalue weighted by Gasteiger charge is -2.16. The molecule has 0 fully saturated rings. The molecule has 0 aliphatic heterocycles. The average Bonchev–Trinajstić information content (AvgIpc) is 3.25. The summed E-state index contributed by atoms with van der Waals surface area (Å²) in [5.41, 5.74) is 3.72. The number of aryl methyl sites for hydroxylation is 1. The molecule has 0 spiro atoms. The van der Waals surface area contributed by atoms with Crippen LogP contribution in [-0.4, -0.2) is 4.92 Å². The maximum Gasteiger partial charge on any atom is 0.269 e. The highest BCUT2D eigenvalue weighted by Gasteiger charge is 2.21. The predicted molar refractivity (Wildman–Crippen MR) is 126 cm³/mol. The number of nitro groups is 1. The number of nitro benzene ring substituents is 1. The van der Waals surface area contributed by atoms with Gasteiger partial charge in [0, 0.05) is 23.3 Å². The summed E-state index contributed by atoms with van der Waals surface area (Å²) in [6.45, 7) is 1.93. The zero-order valence-corrected chi connectivity index (χ0v) is 17.6. The van der Waals surface area contributed by atoms with Gasteiger partial charge in [-0.3, -0.25) is 10.1 Å². The Labute approximate surface area is 187 Å². The molecular formula is C28H21NO3. The van der Waals surface area contributed by atoms with E-state index >= 15 is 0 Å². The van der Waals surface area contributed by atoms with Crippen molar-refractivity contribution < 1.29 is 9.34 Å². The van der Waals surface area contributed by atoms with Crippen LogP contribution in [0, 0.1) is 28.9 Å². The van der Waals surface area contributed by atoms with E-state index in [0.717, 1.165) is 28.2 Å². The lowest BCUT2D eigenvalue weighted by molar-refractivity contribution is -0.384. The van der Waals surface area contributed by atoms with Crippen LogP contribution in [0.1, 0.15) is 34.1 Å². The third-order valence-electron chi connectivity index (χ3n) is 5.04. The van der Waals surface area contributed by atoms with Crippen molar-refractivity contribution in [2.45, 2.75) is 12.8 Å². The molecule has 32 heavy (non-hydrogen) atoms. The van der Waals surface area contributed by atoms with Gasteiger partial charge in [-0.05, 0) is 48.4 Å². The van der Waals surface area contributed by atoms with Crippen LogP contribution in [0.2, 0.25) is 0 Å². The maximum atomic E-state index is 10.9. The number of furan rings is 1. The van der Waals surface area contributed by atoms with Crippen molar-refractivity contribution >= 4 is 11.8 Å². The molecule has 4 aromatic rings. The topological polar surface area (TPSA) is 56.3 Å². The van der Waals surface area contributed by atoms with Crippen LogP contribution in [0.15, 0.2) is 107 Å². The normalized spacial score (nSPS) is 12.0. The van der Waals surface area contributed by atoms with Crippen LogP contribution in [0.25, 0.3) is 6.08 Å². The fourth-order valence-electron chi connectivity index (χ4n) is 3.48. The van der Waals surface area contributed by atoms with Gasteiger partial charge in [0.1, 0.15) is 11.5 Å². The molecule has 1 heterocycles. The highest BCUT2D eigenvalue weighted by atomic mass is 16.6. The third-order valence-corrected chi connectivity index (χ3v) is 5.04. The van der Waals surface area contributed by atoms with E-state index in [1.54, 1.807) is 12.1 Å². The molecule has 0 bridgehead atoms. The van der Waals surface area contributed by atoms with E-state index < -0.39 is 4.92 Å². The summed E-state index contributed by atoms with van der Waals surface area (Å²) in [6, 6.07) is 30.3. The van der Waals surface area contributed by atoms with Crippen molar-refractivity contribution in [1.82, 2.24) is 0 Å². The van der Waals surface area contributed by atoms with Crippen LogP contribution in [-0.2, 0) is 0 Å². The van der Waals surface area contributed by atoms with Crippen molar-refractivity contribution in [1.29, 1.82) is 0 Å². The third kappa shape index (κ3) is 5.03. The van der Waals surface area contributed by atoms with Gasteiger partial charge in [0.05, 0.1) is 10.8 Å². The van der Waals surface area contributed by atoms with E-state index in [1.807, 2.05) is 67.6 Å². The molecule has 0 amide bonds. The minimum Gasteiger partial charge on any atom is -0.465 e. The standard InChI is InChI=1S/C28H21NO3/c1-21-12-19-27(32-21)28(24-10-6-3-7-11-24)25(20-23-8-4-2-5-9-23)16-13-22-14-17-26(18-15-22)29(30)31/h2-12,14-15,17-20,28H,1H3/b25-20+. The Morgan fingerprint density at radius 2 is 1.56 bits per heavy atom.